The lowest BCUT2D eigenvalue weighted by atomic mass is 10.1. The minimum Gasteiger partial charge on any atom is -0.497 e. The molecule has 0 saturated heterocycles. The summed E-state index contributed by atoms with van der Waals surface area (Å²) in [6, 6.07) is 15.7. The number of rotatable bonds is 7. The van der Waals surface area contributed by atoms with Gasteiger partial charge in [0.15, 0.2) is 0 Å². The smallest absolute Gasteiger partial charge is 0.118 e. The van der Waals surface area contributed by atoms with Crippen molar-refractivity contribution in [2.75, 3.05) is 20.7 Å². The minimum absolute atomic E-state index is 0.00316. The summed E-state index contributed by atoms with van der Waals surface area (Å²) in [5.74, 6) is 0.847. The van der Waals surface area contributed by atoms with Gasteiger partial charge in [0.1, 0.15) is 5.75 Å². The molecule has 112 valence electrons. The minimum atomic E-state index is -0.00316. The van der Waals surface area contributed by atoms with Crippen LogP contribution < -0.4 is 10.1 Å². The standard InChI is InChI=1S/C17H20ClNO2/c1-19-11-17(14-5-9-16(20-2)10-6-14)21-12-13-3-7-15(18)8-4-13/h3-10,17,19H,11-12H2,1-2H3. The quantitative estimate of drug-likeness (QED) is 0.843. The Kier molecular flexibility index (Phi) is 6.05. The molecule has 0 aromatic heterocycles. The first-order chi connectivity index (χ1) is 10.2. The second-order valence-corrected chi connectivity index (χ2v) is 5.19. The number of hydrogen-bond donors (Lipinski definition) is 1. The second-order valence-electron chi connectivity index (χ2n) is 4.76. The number of methoxy groups -OCH3 is 1. The molecule has 1 unspecified atom stereocenters. The Bertz CT molecular complexity index is 540. The summed E-state index contributed by atoms with van der Waals surface area (Å²) in [6.45, 7) is 1.30. The van der Waals surface area contributed by atoms with Crippen molar-refractivity contribution in [1.82, 2.24) is 5.32 Å². The van der Waals surface area contributed by atoms with Gasteiger partial charge in [-0.25, -0.2) is 0 Å². The van der Waals surface area contributed by atoms with Gasteiger partial charge in [0, 0.05) is 11.6 Å². The van der Waals surface area contributed by atoms with E-state index < -0.39 is 0 Å². The zero-order valence-corrected chi connectivity index (χ0v) is 13.1. The Labute approximate surface area is 130 Å². The van der Waals surface area contributed by atoms with Crippen molar-refractivity contribution in [2.45, 2.75) is 12.7 Å². The number of hydrogen-bond acceptors (Lipinski definition) is 3. The van der Waals surface area contributed by atoms with Crippen molar-refractivity contribution < 1.29 is 9.47 Å². The van der Waals surface area contributed by atoms with Crippen LogP contribution in [0.1, 0.15) is 17.2 Å². The van der Waals surface area contributed by atoms with E-state index in [1.54, 1.807) is 7.11 Å². The molecule has 0 amide bonds. The van der Waals surface area contributed by atoms with Crippen LogP contribution >= 0.6 is 11.6 Å². The number of likely N-dealkylation sites (N-methyl/N-ethyl adjacent to an activating group) is 1. The number of nitrogens with one attached hydrogen (secondary N) is 1. The molecule has 0 aliphatic heterocycles. The van der Waals surface area contributed by atoms with E-state index in [4.69, 9.17) is 21.1 Å². The maximum absolute atomic E-state index is 6.02. The molecule has 1 atom stereocenters. The van der Waals surface area contributed by atoms with Crippen molar-refractivity contribution >= 4 is 11.6 Å². The predicted molar refractivity (Wildman–Crippen MR) is 85.9 cm³/mol. The van der Waals surface area contributed by atoms with Gasteiger partial charge in [-0.2, -0.15) is 0 Å². The molecule has 0 fully saturated rings. The van der Waals surface area contributed by atoms with Gasteiger partial charge in [0.2, 0.25) is 0 Å². The van der Waals surface area contributed by atoms with Gasteiger partial charge in [0.05, 0.1) is 19.8 Å². The fraction of sp³-hybridized carbons (Fsp3) is 0.294. The van der Waals surface area contributed by atoms with Gasteiger partial charge in [-0.1, -0.05) is 35.9 Å². The van der Waals surface area contributed by atoms with E-state index in [1.165, 1.54) is 0 Å². The molecule has 0 saturated carbocycles. The van der Waals surface area contributed by atoms with Gasteiger partial charge < -0.3 is 14.8 Å². The molecule has 0 heterocycles. The SMILES string of the molecule is CNCC(OCc1ccc(Cl)cc1)c1ccc(OC)cc1. The number of halogens is 1. The summed E-state index contributed by atoms with van der Waals surface area (Å²) >= 11 is 5.89. The highest BCUT2D eigenvalue weighted by Crippen LogP contribution is 2.22. The molecule has 3 nitrogen and oxygen atoms in total. The molecule has 0 aliphatic rings. The largest absolute Gasteiger partial charge is 0.497 e. The van der Waals surface area contributed by atoms with Crippen molar-refractivity contribution in [3.8, 4) is 5.75 Å². The van der Waals surface area contributed by atoms with Crippen LogP contribution in [0.25, 0.3) is 0 Å². The topological polar surface area (TPSA) is 30.5 Å². The van der Waals surface area contributed by atoms with Crippen LogP contribution in [0.5, 0.6) is 5.75 Å². The Hall–Kier alpha value is -1.55. The fourth-order valence-electron chi connectivity index (χ4n) is 2.05. The van der Waals surface area contributed by atoms with Gasteiger partial charge in [-0.3, -0.25) is 0 Å². The third-order valence-corrected chi connectivity index (χ3v) is 3.49. The summed E-state index contributed by atoms with van der Waals surface area (Å²) in [5.41, 5.74) is 2.23. The van der Waals surface area contributed by atoms with Crippen molar-refractivity contribution in [3.05, 3.63) is 64.7 Å². The van der Waals surface area contributed by atoms with Crippen molar-refractivity contribution in [3.63, 3.8) is 0 Å². The van der Waals surface area contributed by atoms with E-state index in [1.807, 2.05) is 55.6 Å². The van der Waals surface area contributed by atoms with Crippen LogP contribution in [0.2, 0.25) is 5.02 Å². The average molecular weight is 306 g/mol. The van der Waals surface area contributed by atoms with Gasteiger partial charge in [-0.05, 0) is 42.4 Å². The lowest BCUT2D eigenvalue weighted by Crippen LogP contribution is -2.19. The predicted octanol–water partition coefficient (Wildman–Crippen LogP) is 3.83. The lowest BCUT2D eigenvalue weighted by molar-refractivity contribution is 0.0410. The first-order valence-electron chi connectivity index (χ1n) is 6.87. The van der Waals surface area contributed by atoms with Gasteiger partial charge >= 0.3 is 0 Å². The Morgan fingerprint density at radius 3 is 2.29 bits per heavy atom. The summed E-state index contributed by atoms with van der Waals surface area (Å²) in [6.07, 6.45) is -0.00316. The Morgan fingerprint density at radius 1 is 1.05 bits per heavy atom. The normalized spacial score (nSPS) is 12.1. The molecule has 0 spiro atoms. The molecule has 0 radical (unpaired) electrons. The maximum atomic E-state index is 6.02. The summed E-state index contributed by atoms with van der Waals surface area (Å²) < 4.78 is 11.2. The first kappa shape index (κ1) is 15.8. The Morgan fingerprint density at radius 2 is 1.71 bits per heavy atom. The second kappa shape index (κ2) is 8.03. The summed E-state index contributed by atoms with van der Waals surface area (Å²) in [5, 5.41) is 3.90. The molecule has 21 heavy (non-hydrogen) atoms. The highest BCUT2D eigenvalue weighted by atomic mass is 35.5. The van der Waals surface area contributed by atoms with Gasteiger partial charge in [0.25, 0.3) is 0 Å². The van der Waals surface area contributed by atoms with Crippen LogP contribution in [-0.4, -0.2) is 20.7 Å². The molecular weight excluding hydrogens is 286 g/mol. The van der Waals surface area contributed by atoms with Gasteiger partial charge in [-0.15, -0.1) is 0 Å². The van der Waals surface area contributed by atoms with Crippen LogP contribution in [0, 0.1) is 0 Å². The van der Waals surface area contributed by atoms with E-state index >= 15 is 0 Å². The van der Waals surface area contributed by atoms with E-state index in [0.29, 0.717) is 6.61 Å². The zero-order valence-electron chi connectivity index (χ0n) is 12.3. The monoisotopic (exact) mass is 305 g/mol. The maximum Gasteiger partial charge on any atom is 0.118 e. The highest BCUT2D eigenvalue weighted by molar-refractivity contribution is 6.30. The van der Waals surface area contributed by atoms with E-state index in [-0.39, 0.29) is 6.10 Å². The third kappa shape index (κ3) is 4.74. The molecule has 4 heteroatoms. The zero-order chi connectivity index (χ0) is 15.1. The third-order valence-electron chi connectivity index (χ3n) is 3.24. The highest BCUT2D eigenvalue weighted by Gasteiger charge is 2.11. The number of benzene rings is 2. The van der Waals surface area contributed by atoms with E-state index in [0.717, 1.165) is 28.4 Å². The van der Waals surface area contributed by atoms with E-state index in [2.05, 4.69) is 5.32 Å². The Balaban J connectivity index is 2.02. The molecule has 1 N–H and O–H groups in total. The first-order valence-corrected chi connectivity index (χ1v) is 7.25. The van der Waals surface area contributed by atoms with Crippen molar-refractivity contribution in [2.24, 2.45) is 0 Å². The average Bonchev–Trinajstić information content (AvgIpc) is 2.53. The molecule has 2 rings (SSSR count). The molecule has 2 aromatic carbocycles. The summed E-state index contributed by atoms with van der Waals surface area (Å²) in [4.78, 5) is 0. The summed E-state index contributed by atoms with van der Waals surface area (Å²) in [7, 11) is 3.58. The van der Waals surface area contributed by atoms with Crippen LogP contribution in [0.4, 0.5) is 0 Å². The molecule has 0 aliphatic carbocycles. The number of ether oxygens (including phenoxy) is 2. The van der Waals surface area contributed by atoms with Crippen LogP contribution in [0.15, 0.2) is 48.5 Å². The lowest BCUT2D eigenvalue weighted by Gasteiger charge is -2.18. The van der Waals surface area contributed by atoms with Crippen LogP contribution in [0.3, 0.4) is 0 Å². The molecular formula is C17H20ClNO2. The van der Waals surface area contributed by atoms with Crippen LogP contribution in [-0.2, 0) is 11.3 Å². The van der Waals surface area contributed by atoms with E-state index in [9.17, 15) is 0 Å². The fourth-order valence-corrected chi connectivity index (χ4v) is 2.18. The molecule has 0 bridgehead atoms. The van der Waals surface area contributed by atoms with Crippen molar-refractivity contribution in [1.29, 1.82) is 0 Å². The molecule has 2 aromatic rings.